The number of hydrogen-bond donors (Lipinski definition) is 0. The van der Waals surface area contributed by atoms with E-state index >= 15 is 0 Å². The number of rotatable bonds is 4. The van der Waals surface area contributed by atoms with Gasteiger partial charge in [-0.05, 0) is 44.2 Å². The van der Waals surface area contributed by atoms with Crippen LogP contribution in [0.5, 0.6) is 5.75 Å². The van der Waals surface area contributed by atoms with Gasteiger partial charge in [0.1, 0.15) is 17.8 Å². The highest BCUT2D eigenvalue weighted by atomic mass is 16.5. The molecule has 1 aromatic heterocycles. The van der Waals surface area contributed by atoms with Crippen LogP contribution in [0.3, 0.4) is 0 Å². The third kappa shape index (κ3) is 2.91. The summed E-state index contributed by atoms with van der Waals surface area (Å²) in [6.07, 6.45) is 3.04. The van der Waals surface area contributed by atoms with Gasteiger partial charge >= 0.3 is 0 Å². The third-order valence-corrected chi connectivity index (χ3v) is 2.30. The Labute approximate surface area is 106 Å². The second kappa shape index (κ2) is 5.40. The van der Waals surface area contributed by atoms with Crippen molar-refractivity contribution in [3.8, 4) is 5.75 Å². The van der Waals surface area contributed by atoms with E-state index in [-0.39, 0.29) is 11.9 Å². The highest BCUT2D eigenvalue weighted by Gasteiger charge is 2.10. The summed E-state index contributed by atoms with van der Waals surface area (Å²) < 4.78 is 5.52. The van der Waals surface area contributed by atoms with Crippen molar-refractivity contribution < 1.29 is 9.53 Å². The maximum absolute atomic E-state index is 12.0. The monoisotopic (exact) mass is 242 g/mol. The SMILES string of the molecule is CC(C)Oc1ccc(C(=O)c2ccncn2)cc1. The van der Waals surface area contributed by atoms with Crippen molar-refractivity contribution in [3.05, 3.63) is 54.1 Å². The second-order valence-corrected chi connectivity index (χ2v) is 4.11. The minimum atomic E-state index is -0.117. The average Bonchev–Trinajstić information content (AvgIpc) is 2.39. The molecular weight excluding hydrogens is 228 g/mol. The van der Waals surface area contributed by atoms with Gasteiger partial charge in [0.05, 0.1) is 6.10 Å². The van der Waals surface area contributed by atoms with Gasteiger partial charge in [-0.3, -0.25) is 4.79 Å². The topological polar surface area (TPSA) is 52.1 Å². The Morgan fingerprint density at radius 1 is 1.17 bits per heavy atom. The van der Waals surface area contributed by atoms with E-state index in [1.807, 2.05) is 13.8 Å². The van der Waals surface area contributed by atoms with E-state index < -0.39 is 0 Å². The van der Waals surface area contributed by atoms with Crippen LogP contribution in [0, 0.1) is 0 Å². The van der Waals surface area contributed by atoms with Crippen molar-refractivity contribution in [1.82, 2.24) is 9.97 Å². The van der Waals surface area contributed by atoms with Crippen molar-refractivity contribution in [2.45, 2.75) is 20.0 Å². The maximum atomic E-state index is 12.0. The molecule has 92 valence electrons. The molecule has 0 aliphatic heterocycles. The van der Waals surface area contributed by atoms with Crippen LogP contribution in [0.25, 0.3) is 0 Å². The summed E-state index contributed by atoms with van der Waals surface area (Å²) in [4.78, 5) is 19.8. The summed E-state index contributed by atoms with van der Waals surface area (Å²) in [7, 11) is 0. The zero-order valence-corrected chi connectivity index (χ0v) is 10.3. The molecule has 0 amide bonds. The van der Waals surface area contributed by atoms with Gasteiger partial charge in [-0.1, -0.05) is 0 Å². The number of aromatic nitrogens is 2. The van der Waals surface area contributed by atoms with E-state index in [0.717, 1.165) is 5.75 Å². The van der Waals surface area contributed by atoms with E-state index in [1.54, 1.807) is 36.5 Å². The zero-order chi connectivity index (χ0) is 13.0. The molecule has 0 atom stereocenters. The predicted molar refractivity (Wildman–Crippen MR) is 67.7 cm³/mol. The normalized spacial score (nSPS) is 10.4. The van der Waals surface area contributed by atoms with Crippen LogP contribution in [-0.2, 0) is 0 Å². The minimum Gasteiger partial charge on any atom is -0.491 e. The molecule has 0 saturated heterocycles. The lowest BCUT2D eigenvalue weighted by molar-refractivity contribution is 0.103. The molecule has 0 radical (unpaired) electrons. The van der Waals surface area contributed by atoms with Gasteiger partial charge < -0.3 is 4.74 Å². The zero-order valence-electron chi connectivity index (χ0n) is 10.3. The van der Waals surface area contributed by atoms with Crippen LogP contribution >= 0.6 is 0 Å². The van der Waals surface area contributed by atoms with E-state index in [0.29, 0.717) is 11.3 Å². The number of ether oxygens (including phenoxy) is 1. The molecule has 0 fully saturated rings. The summed E-state index contributed by atoms with van der Waals surface area (Å²) in [5.74, 6) is 0.637. The molecule has 0 bridgehead atoms. The standard InChI is InChI=1S/C14H14N2O2/c1-10(2)18-12-5-3-11(4-6-12)14(17)13-7-8-15-9-16-13/h3-10H,1-2H3. The second-order valence-electron chi connectivity index (χ2n) is 4.11. The quantitative estimate of drug-likeness (QED) is 0.773. The van der Waals surface area contributed by atoms with E-state index in [1.165, 1.54) is 6.33 Å². The van der Waals surface area contributed by atoms with Crippen LogP contribution < -0.4 is 4.74 Å². The van der Waals surface area contributed by atoms with Crippen molar-refractivity contribution in [3.63, 3.8) is 0 Å². The number of benzene rings is 1. The third-order valence-electron chi connectivity index (χ3n) is 2.30. The summed E-state index contributed by atoms with van der Waals surface area (Å²) in [5.41, 5.74) is 0.979. The lowest BCUT2D eigenvalue weighted by atomic mass is 10.1. The molecule has 1 heterocycles. The lowest BCUT2D eigenvalue weighted by Crippen LogP contribution is -2.07. The van der Waals surface area contributed by atoms with Crippen molar-refractivity contribution in [1.29, 1.82) is 0 Å². The molecule has 0 N–H and O–H groups in total. The van der Waals surface area contributed by atoms with Crippen LogP contribution in [0.1, 0.15) is 29.9 Å². The highest BCUT2D eigenvalue weighted by Crippen LogP contribution is 2.15. The first-order valence-electron chi connectivity index (χ1n) is 5.74. The largest absolute Gasteiger partial charge is 0.491 e. The molecular formula is C14H14N2O2. The summed E-state index contributed by atoms with van der Waals surface area (Å²) in [6.45, 7) is 3.92. The van der Waals surface area contributed by atoms with Crippen LogP contribution in [-0.4, -0.2) is 21.9 Å². The van der Waals surface area contributed by atoms with Crippen LogP contribution in [0.4, 0.5) is 0 Å². The van der Waals surface area contributed by atoms with E-state index in [2.05, 4.69) is 9.97 Å². The molecule has 18 heavy (non-hydrogen) atoms. The molecule has 2 aromatic rings. The van der Waals surface area contributed by atoms with Gasteiger partial charge in [-0.15, -0.1) is 0 Å². The first kappa shape index (κ1) is 12.2. The molecule has 0 aliphatic carbocycles. The Hall–Kier alpha value is -2.23. The molecule has 4 nitrogen and oxygen atoms in total. The number of ketones is 1. The number of carbonyl (C=O) groups is 1. The Bertz CT molecular complexity index is 521. The Balaban J connectivity index is 2.17. The van der Waals surface area contributed by atoms with Crippen molar-refractivity contribution in [2.75, 3.05) is 0 Å². The van der Waals surface area contributed by atoms with E-state index in [9.17, 15) is 4.79 Å². The number of nitrogens with zero attached hydrogens (tertiary/aromatic N) is 2. The molecule has 0 aliphatic rings. The molecule has 0 saturated carbocycles. The molecule has 2 rings (SSSR count). The van der Waals surface area contributed by atoms with Gasteiger partial charge in [-0.25, -0.2) is 9.97 Å². The number of hydrogen-bond acceptors (Lipinski definition) is 4. The fourth-order valence-electron chi connectivity index (χ4n) is 1.53. The molecule has 4 heteroatoms. The number of carbonyl (C=O) groups excluding carboxylic acids is 1. The fraction of sp³-hybridized carbons (Fsp3) is 0.214. The highest BCUT2D eigenvalue weighted by molar-refractivity contribution is 6.07. The average molecular weight is 242 g/mol. The lowest BCUT2D eigenvalue weighted by Gasteiger charge is -2.09. The summed E-state index contributed by atoms with van der Waals surface area (Å²) >= 11 is 0. The van der Waals surface area contributed by atoms with Crippen LogP contribution in [0.15, 0.2) is 42.9 Å². The molecule has 0 unspecified atom stereocenters. The Kier molecular flexibility index (Phi) is 3.67. The summed E-state index contributed by atoms with van der Waals surface area (Å²) in [5, 5.41) is 0. The van der Waals surface area contributed by atoms with Crippen molar-refractivity contribution in [2.24, 2.45) is 0 Å². The van der Waals surface area contributed by atoms with Gasteiger partial charge in [0, 0.05) is 11.8 Å². The van der Waals surface area contributed by atoms with Gasteiger partial charge in [0.15, 0.2) is 0 Å². The Morgan fingerprint density at radius 2 is 1.89 bits per heavy atom. The first-order valence-corrected chi connectivity index (χ1v) is 5.74. The van der Waals surface area contributed by atoms with Crippen molar-refractivity contribution >= 4 is 5.78 Å². The smallest absolute Gasteiger partial charge is 0.211 e. The van der Waals surface area contributed by atoms with Gasteiger partial charge in [0.25, 0.3) is 0 Å². The minimum absolute atomic E-state index is 0.117. The Morgan fingerprint density at radius 3 is 2.44 bits per heavy atom. The van der Waals surface area contributed by atoms with E-state index in [4.69, 9.17) is 4.74 Å². The molecule has 0 spiro atoms. The first-order chi connectivity index (χ1) is 8.66. The molecule has 1 aromatic carbocycles. The van der Waals surface area contributed by atoms with Crippen LogP contribution in [0.2, 0.25) is 0 Å². The van der Waals surface area contributed by atoms with Gasteiger partial charge in [0.2, 0.25) is 5.78 Å². The fourth-order valence-corrected chi connectivity index (χ4v) is 1.53. The predicted octanol–water partition coefficient (Wildman–Crippen LogP) is 2.49. The summed E-state index contributed by atoms with van der Waals surface area (Å²) in [6, 6.07) is 8.65. The maximum Gasteiger partial charge on any atom is 0.211 e. The van der Waals surface area contributed by atoms with Gasteiger partial charge in [-0.2, -0.15) is 0 Å².